The van der Waals surface area contributed by atoms with Crippen LogP contribution in [0.2, 0.25) is 5.02 Å². The summed E-state index contributed by atoms with van der Waals surface area (Å²) in [5.74, 6) is 0.899. The summed E-state index contributed by atoms with van der Waals surface area (Å²) in [6.45, 7) is 3.41. The number of aromatic nitrogens is 1. The quantitative estimate of drug-likeness (QED) is 0.895. The number of amides is 2. The number of carbonyl (C=O) groups excluding carboxylic acids is 1. The van der Waals surface area contributed by atoms with Gasteiger partial charge in [-0.2, -0.15) is 0 Å². The lowest BCUT2D eigenvalue weighted by atomic mass is 10.2. The number of halogens is 1. The van der Waals surface area contributed by atoms with Crippen molar-refractivity contribution in [1.29, 1.82) is 0 Å². The first-order valence-electron chi connectivity index (χ1n) is 8.68. The van der Waals surface area contributed by atoms with E-state index in [1.54, 1.807) is 6.20 Å². The molecule has 2 heterocycles. The minimum absolute atomic E-state index is 0.0228. The molecule has 1 fully saturated rings. The van der Waals surface area contributed by atoms with Crippen molar-refractivity contribution < 1.29 is 4.79 Å². The van der Waals surface area contributed by atoms with Crippen molar-refractivity contribution >= 4 is 29.1 Å². The second-order valence-corrected chi connectivity index (χ2v) is 6.96. The van der Waals surface area contributed by atoms with Crippen LogP contribution in [0.15, 0.2) is 42.6 Å². The second kappa shape index (κ2) is 8.27. The third kappa shape index (κ3) is 4.58. The van der Waals surface area contributed by atoms with Crippen LogP contribution in [-0.2, 0) is 6.54 Å². The summed E-state index contributed by atoms with van der Waals surface area (Å²) in [6, 6.07) is 11.9. The lowest BCUT2D eigenvalue weighted by Crippen LogP contribution is -2.51. The number of anilines is 2. The third-order valence-electron chi connectivity index (χ3n) is 4.50. The summed E-state index contributed by atoms with van der Waals surface area (Å²) in [7, 11) is 4.02. The van der Waals surface area contributed by atoms with Crippen LogP contribution in [0.1, 0.15) is 5.56 Å². The van der Waals surface area contributed by atoms with Crippen molar-refractivity contribution in [1.82, 2.24) is 15.2 Å². The molecule has 138 valence electrons. The topological polar surface area (TPSA) is 51.7 Å². The molecule has 2 aromatic rings. The predicted octanol–water partition coefficient (Wildman–Crippen LogP) is 2.83. The molecule has 6 nitrogen and oxygen atoms in total. The molecule has 2 amide bonds. The first-order chi connectivity index (χ1) is 12.5. The Balaban J connectivity index is 1.47. The summed E-state index contributed by atoms with van der Waals surface area (Å²) < 4.78 is 0. The van der Waals surface area contributed by atoms with Gasteiger partial charge in [0, 0.05) is 58.7 Å². The Bertz CT molecular complexity index is 725. The smallest absolute Gasteiger partial charge is 0.317 e. The van der Waals surface area contributed by atoms with Gasteiger partial charge in [-0.05, 0) is 29.8 Å². The lowest BCUT2D eigenvalue weighted by Gasteiger charge is -2.35. The van der Waals surface area contributed by atoms with Crippen LogP contribution < -0.4 is 15.1 Å². The average molecular weight is 374 g/mol. The van der Waals surface area contributed by atoms with E-state index in [1.807, 2.05) is 43.3 Å². The SMILES string of the molecule is CN(C)c1ccc(CNC(=O)N2CCN(c3ccc(Cl)cn3)CC2)cc1. The molecule has 0 atom stereocenters. The fourth-order valence-electron chi connectivity index (χ4n) is 2.90. The maximum Gasteiger partial charge on any atom is 0.317 e. The number of pyridine rings is 1. The van der Waals surface area contributed by atoms with E-state index in [2.05, 4.69) is 32.2 Å². The molecule has 1 aliphatic rings. The van der Waals surface area contributed by atoms with Crippen LogP contribution in [0.4, 0.5) is 16.3 Å². The van der Waals surface area contributed by atoms with Crippen molar-refractivity contribution in [2.45, 2.75) is 6.54 Å². The van der Waals surface area contributed by atoms with Crippen molar-refractivity contribution in [3.8, 4) is 0 Å². The molecule has 0 aliphatic carbocycles. The minimum atomic E-state index is -0.0228. The number of rotatable bonds is 4. The maximum atomic E-state index is 12.4. The molecule has 0 saturated carbocycles. The van der Waals surface area contributed by atoms with E-state index in [0.717, 1.165) is 30.2 Å². The fourth-order valence-corrected chi connectivity index (χ4v) is 3.01. The monoisotopic (exact) mass is 373 g/mol. The molecule has 7 heteroatoms. The standard InChI is InChI=1S/C19H24ClN5O/c1-23(2)17-6-3-15(4-7-17)13-22-19(26)25-11-9-24(10-12-25)18-8-5-16(20)14-21-18/h3-8,14H,9-13H2,1-2H3,(H,22,26). The van der Waals surface area contributed by atoms with Crippen LogP contribution in [-0.4, -0.2) is 56.2 Å². The van der Waals surface area contributed by atoms with E-state index in [4.69, 9.17) is 11.6 Å². The van der Waals surface area contributed by atoms with Crippen LogP contribution in [0.3, 0.4) is 0 Å². The highest BCUT2D eigenvalue weighted by molar-refractivity contribution is 6.30. The zero-order chi connectivity index (χ0) is 18.5. The molecule has 0 radical (unpaired) electrons. The summed E-state index contributed by atoms with van der Waals surface area (Å²) in [5.41, 5.74) is 2.24. The number of hydrogen-bond donors (Lipinski definition) is 1. The highest BCUT2D eigenvalue weighted by Gasteiger charge is 2.21. The number of hydrogen-bond acceptors (Lipinski definition) is 4. The van der Waals surface area contributed by atoms with Gasteiger partial charge in [0.1, 0.15) is 5.82 Å². The van der Waals surface area contributed by atoms with Gasteiger partial charge in [-0.1, -0.05) is 23.7 Å². The minimum Gasteiger partial charge on any atom is -0.378 e. The van der Waals surface area contributed by atoms with Crippen molar-refractivity contribution in [2.75, 3.05) is 50.1 Å². The Morgan fingerprint density at radius 2 is 1.81 bits per heavy atom. The lowest BCUT2D eigenvalue weighted by molar-refractivity contribution is 0.194. The number of piperazine rings is 1. The van der Waals surface area contributed by atoms with E-state index in [0.29, 0.717) is 24.7 Å². The van der Waals surface area contributed by atoms with Gasteiger partial charge >= 0.3 is 6.03 Å². The van der Waals surface area contributed by atoms with Gasteiger partial charge in [-0.15, -0.1) is 0 Å². The number of nitrogens with zero attached hydrogens (tertiary/aromatic N) is 4. The summed E-state index contributed by atoms with van der Waals surface area (Å²) in [4.78, 5) is 22.8. The predicted molar refractivity (Wildman–Crippen MR) is 106 cm³/mol. The van der Waals surface area contributed by atoms with Crippen molar-refractivity contribution in [3.63, 3.8) is 0 Å². The highest BCUT2D eigenvalue weighted by Crippen LogP contribution is 2.16. The van der Waals surface area contributed by atoms with Crippen LogP contribution >= 0.6 is 11.6 Å². The van der Waals surface area contributed by atoms with E-state index in [1.165, 1.54) is 0 Å². The molecule has 0 spiro atoms. The Kier molecular flexibility index (Phi) is 5.83. The molecular weight excluding hydrogens is 350 g/mol. The maximum absolute atomic E-state index is 12.4. The van der Waals surface area contributed by atoms with Gasteiger partial charge in [0.25, 0.3) is 0 Å². The first kappa shape index (κ1) is 18.3. The Labute approximate surface area is 159 Å². The van der Waals surface area contributed by atoms with Crippen LogP contribution in [0, 0.1) is 0 Å². The van der Waals surface area contributed by atoms with E-state index in [9.17, 15) is 4.79 Å². The molecule has 1 aromatic heterocycles. The summed E-state index contributed by atoms with van der Waals surface area (Å²) in [5, 5.41) is 3.63. The highest BCUT2D eigenvalue weighted by atomic mass is 35.5. The number of urea groups is 1. The van der Waals surface area contributed by atoms with E-state index in [-0.39, 0.29) is 6.03 Å². The first-order valence-corrected chi connectivity index (χ1v) is 9.06. The Morgan fingerprint density at radius 1 is 1.12 bits per heavy atom. The normalized spacial score (nSPS) is 14.3. The van der Waals surface area contributed by atoms with Crippen molar-refractivity contribution in [3.05, 3.63) is 53.2 Å². The van der Waals surface area contributed by atoms with E-state index < -0.39 is 0 Å². The Hall–Kier alpha value is -2.47. The second-order valence-electron chi connectivity index (χ2n) is 6.53. The molecule has 0 unspecified atom stereocenters. The van der Waals surface area contributed by atoms with Gasteiger partial charge in [0.15, 0.2) is 0 Å². The number of benzene rings is 1. The van der Waals surface area contributed by atoms with Gasteiger partial charge < -0.3 is 20.0 Å². The van der Waals surface area contributed by atoms with E-state index >= 15 is 0 Å². The van der Waals surface area contributed by atoms with Crippen molar-refractivity contribution in [2.24, 2.45) is 0 Å². The zero-order valence-electron chi connectivity index (χ0n) is 15.2. The molecule has 1 aromatic carbocycles. The molecule has 1 N–H and O–H groups in total. The molecule has 3 rings (SSSR count). The summed E-state index contributed by atoms with van der Waals surface area (Å²) in [6.07, 6.45) is 1.65. The van der Waals surface area contributed by atoms with Crippen LogP contribution in [0.5, 0.6) is 0 Å². The molecule has 1 aliphatic heterocycles. The third-order valence-corrected chi connectivity index (χ3v) is 4.72. The van der Waals surface area contributed by atoms with Gasteiger partial charge in [-0.25, -0.2) is 9.78 Å². The zero-order valence-corrected chi connectivity index (χ0v) is 15.9. The number of carbonyl (C=O) groups is 1. The Morgan fingerprint density at radius 3 is 2.38 bits per heavy atom. The average Bonchev–Trinajstić information content (AvgIpc) is 2.67. The molecule has 26 heavy (non-hydrogen) atoms. The largest absolute Gasteiger partial charge is 0.378 e. The van der Waals surface area contributed by atoms with Gasteiger partial charge in [-0.3, -0.25) is 0 Å². The van der Waals surface area contributed by atoms with Gasteiger partial charge in [0.05, 0.1) is 5.02 Å². The number of nitrogens with one attached hydrogen (secondary N) is 1. The molecule has 1 saturated heterocycles. The fraction of sp³-hybridized carbons (Fsp3) is 0.368. The molecule has 0 bridgehead atoms. The van der Waals surface area contributed by atoms with Gasteiger partial charge in [0.2, 0.25) is 0 Å². The van der Waals surface area contributed by atoms with Crippen LogP contribution in [0.25, 0.3) is 0 Å². The molecular formula is C19H24ClN5O. The summed E-state index contributed by atoms with van der Waals surface area (Å²) >= 11 is 5.88.